The zero-order valence-electron chi connectivity index (χ0n) is 11.8. The molecule has 0 radical (unpaired) electrons. The van der Waals surface area contributed by atoms with E-state index in [0.717, 1.165) is 13.0 Å². The van der Waals surface area contributed by atoms with Gasteiger partial charge in [-0.05, 0) is 25.8 Å². The number of nitrogens with one attached hydrogen (secondary N) is 2. The lowest BCUT2D eigenvalue weighted by Gasteiger charge is -2.33. The summed E-state index contributed by atoms with van der Waals surface area (Å²) in [7, 11) is 0. The summed E-state index contributed by atoms with van der Waals surface area (Å²) in [6.07, 6.45) is 3.52. The number of aliphatic carboxylic acids is 1. The molecule has 2 rings (SSSR count). The second-order valence-corrected chi connectivity index (χ2v) is 5.47. The molecule has 1 aliphatic heterocycles. The van der Waals surface area contributed by atoms with Crippen molar-refractivity contribution in [2.45, 2.75) is 25.3 Å². The number of carboxylic acids is 1. The van der Waals surface area contributed by atoms with Crippen LogP contribution in [-0.2, 0) is 4.79 Å². The topological polar surface area (TPSA) is 84.9 Å². The molecule has 114 valence electrons. The maximum atomic E-state index is 11.9. The van der Waals surface area contributed by atoms with Crippen LogP contribution in [-0.4, -0.2) is 78.8 Å². The van der Waals surface area contributed by atoms with Gasteiger partial charge in [0.1, 0.15) is 0 Å². The van der Waals surface area contributed by atoms with E-state index in [0.29, 0.717) is 38.8 Å². The normalized spacial score (nSPS) is 19.9. The molecule has 0 spiro atoms. The van der Waals surface area contributed by atoms with Crippen LogP contribution in [0.25, 0.3) is 0 Å². The first-order valence-corrected chi connectivity index (χ1v) is 7.35. The van der Waals surface area contributed by atoms with Gasteiger partial charge in [0.05, 0.1) is 6.54 Å². The van der Waals surface area contributed by atoms with Crippen LogP contribution in [0.1, 0.15) is 19.3 Å². The molecule has 7 heteroatoms. The molecule has 0 bridgehead atoms. The lowest BCUT2D eigenvalue weighted by Crippen LogP contribution is -2.52. The standard InChI is InChI=1S/C13H24N4O3/c18-12(19)10-16-6-8-17(9-7-16)13(20)15-5-1-4-14-11-2-3-11/h11,14H,1-10H2,(H,15,20)(H,18,19). The monoisotopic (exact) mass is 284 g/mol. The number of hydrogen-bond donors (Lipinski definition) is 3. The van der Waals surface area contributed by atoms with E-state index in [1.165, 1.54) is 12.8 Å². The Labute approximate surface area is 119 Å². The number of urea groups is 1. The maximum absolute atomic E-state index is 11.9. The molecule has 0 aromatic carbocycles. The van der Waals surface area contributed by atoms with E-state index in [4.69, 9.17) is 5.11 Å². The van der Waals surface area contributed by atoms with Crippen molar-refractivity contribution in [2.24, 2.45) is 0 Å². The first-order valence-electron chi connectivity index (χ1n) is 7.35. The average molecular weight is 284 g/mol. The number of rotatable bonds is 7. The summed E-state index contributed by atoms with van der Waals surface area (Å²) in [5.74, 6) is -0.814. The molecule has 2 amide bonds. The second-order valence-electron chi connectivity index (χ2n) is 5.47. The molecule has 0 aromatic heterocycles. The van der Waals surface area contributed by atoms with Crippen LogP contribution in [0.4, 0.5) is 4.79 Å². The van der Waals surface area contributed by atoms with Gasteiger partial charge in [-0.15, -0.1) is 0 Å². The highest BCUT2D eigenvalue weighted by atomic mass is 16.4. The molecule has 2 fully saturated rings. The number of nitrogens with zero attached hydrogens (tertiary/aromatic N) is 2. The van der Waals surface area contributed by atoms with Crippen molar-refractivity contribution in [3.05, 3.63) is 0 Å². The summed E-state index contributed by atoms with van der Waals surface area (Å²) < 4.78 is 0. The molecule has 0 aromatic rings. The van der Waals surface area contributed by atoms with Crippen molar-refractivity contribution < 1.29 is 14.7 Å². The third-order valence-electron chi connectivity index (χ3n) is 3.66. The minimum Gasteiger partial charge on any atom is -0.480 e. The zero-order valence-corrected chi connectivity index (χ0v) is 11.8. The number of amides is 2. The van der Waals surface area contributed by atoms with Gasteiger partial charge >= 0.3 is 12.0 Å². The highest BCUT2D eigenvalue weighted by molar-refractivity contribution is 5.74. The molecule has 20 heavy (non-hydrogen) atoms. The lowest BCUT2D eigenvalue weighted by atomic mass is 10.3. The van der Waals surface area contributed by atoms with Gasteiger partial charge in [-0.2, -0.15) is 0 Å². The van der Waals surface area contributed by atoms with E-state index in [-0.39, 0.29) is 12.6 Å². The third kappa shape index (κ3) is 5.34. The van der Waals surface area contributed by atoms with Crippen LogP contribution in [0.2, 0.25) is 0 Å². The predicted molar refractivity (Wildman–Crippen MR) is 74.7 cm³/mol. The number of carbonyl (C=O) groups excluding carboxylic acids is 1. The van der Waals surface area contributed by atoms with E-state index in [1.807, 2.05) is 4.90 Å². The van der Waals surface area contributed by atoms with Gasteiger partial charge in [-0.1, -0.05) is 0 Å². The minimum absolute atomic E-state index is 0.0357. The van der Waals surface area contributed by atoms with Gasteiger partial charge in [0.15, 0.2) is 0 Å². The largest absolute Gasteiger partial charge is 0.480 e. The first kappa shape index (κ1) is 15.1. The van der Waals surface area contributed by atoms with Gasteiger partial charge in [0.25, 0.3) is 0 Å². The number of carboxylic acid groups (broad SMARTS) is 1. The summed E-state index contributed by atoms with van der Waals surface area (Å²) in [6, 6.07) is 0.680. The van der Waals surface area contributed by atoms with Crippen LogP contribution in [0, 0.1) is 0 Å². The van der Waals surface area contributed by atoms with E-state index < -0.39 is 5.97 Å². The molecule has 1 heterocycles. The number of piperazine rings is 1. The number of carbonyl (C=O) groups is 2. The highest BCUT2D eigenvalue weighted by Crippen LogP contribution is 2.18. The summed E-state index contributed by atoms with van der Waals surface area (Å²) in [6.45, 7) is 4.15. The first-order chi connectivity index (χ1) is 9.65. The molecule has 1 saturated heterocycles. The third-order valence-corrected chi connectivity index (χ3v) is 3.66. The zero-order chi connectivity index (χ0) is 14.4. The van der Waals surface area contributed by atoms with Crippen molar-refractivity contribution in [1.29, 1.82) is 0 Å². The predicted octanol–water partition coefficient (Wildman–Crippen LogP) is -0.460. The van der Waals surface area contributed by atoms with Crippen molar-refractivity contribution >= 4 is 12.0 Å². The van der Waals surface area contributed by atoms with E-state index in [1.54, 1.807) is 4.90 Å². The smallest absolute Gasteiger partial charge is 0.317 e. The lowest BCUT2D eigenvalue weighted by molar-refractivity contribution is -0.138. The Morgan fingerprint density at radius 3 is 2.40 bits per heavy atom. The fourth-order valence-electron chi connectivity index (χ4n) is 2.29. The summed E-state index contributed by atoms with van der Waals surface area (Å²) in [4.78, 5) is 26.1. The van der Waals surface area contributed by atoms with Gasteiger partial charge < -0.3 is 20.6 Å². The fourth-order valence-corrected chi connectivity index (χ4v) is 2.29. The molecule has 0 unspecified atom stereocenters. The Hall–Kier alpha value is -1.34. The van der Waals surface area contributed by atoms with Gasteiger partial charge in [0.2, 0.25) is 0 Å². The van der Waals surface area contributed by atoms with Crippen molar-refractivity contribution in [2.75, 3.05) is 45.8 Å². The quantitative estimate of drug-likeness (QED) is 0.551. The Kier molecular flexibility index (Phi) is 5.60. The van der Waals surface area contributed by atoms with Crippen LogP contribution in [0.3, 0.4) is 0 Å². The van der Waals surface area contributed by atoms with Crippen LogP contribution in [0.5, 0.6) is 0 Å². The van der Waals surface area contributed by atoms with Crippen LogP contribution < -0.4 is 10.6 Å². The van der Waals surface area contributed by atoms with Crippen molar-refractivity contribution in [3.63, 3.8) is 0 Å². The summed E-state index contributed by atoms with van der Waals surface area (Å²) in [5.41, 5.74) is 0. The molecule has 3 N–H and O–H groups in total. The van der Waals surface area contributed by atoms with Gasteiger partial charge in [0, 0.05) is 38.8 Å². The Morgan fingerprint density at radius 2 is 1.80 bits per heavy atom. The highest BCUT2D eigenvalue weighted by Gasteiger charge is 2.22. The SMILES string of the molecule is O=C(O)CN1CCN(C(=O)NCCCNC2CC2)CC1. The maximum Gasteiger partial charge on any atom is 0.317 e. The van der Waals surface area contributed by atoms with Crippen LogP contribution in [0.15, 0.2) is 0 Å². The van der Waals surface area contributed by atoms with E-state index in [9.17, 15) is 9.59 Å². The fraction of sp³-hybridized carbons (Fsp3) is 0.846. The summed E-state index contributed by atoms with van der Waals surface area (Å²) >= 11 is 0. The number of hydrogen-bond acceptors (Lipinski definition) is 4. The second kappa shape index (κ2) is 7.44. The van der Waals surface area contributed by atoms with Gasteiger partial charge in [-0.3, -0.25) is 9.69 Å². The van der Waals surface area contributed by atoms with Crippen molar-refractivity contribution in [1.82, 2.24) is 20.4 Å². The van der Waals surface area contributed by atoms with E-state index in [2.05, 4.69) is 10.6 Å². The summed E-state index contributed by atoms with van der Waals surface area (Å²) in [5, 5.41) is 15.0. The Bertz CT molecular complexity index is 339. The van der Waals surface area contributed by atoms with E-state index >= 15 is 0 Å². The Morgan fingerprint density at radius 1 is 1.10 bits per heavy atom. The molecule has 0 atom stereocenters. The molecule has 1 saturated carbocycles. The van der Waals surface area contributed by atoms with Gasteiger partial charge in [-0.25, -0.2) is 4.79 Å². The minimum atomic E-state index is -0.814. The molecule has 7 nitrogen and oxygen atoms in total. The molecule has 1 aliphatic carbocycles. The Balaban J connectivity index is 1.53. The molecule has 2 aliphatic rings. The molecular formula is C13H24N4O3. The molecular weight excluding hydrogens is 260 g/mol. The van der Waals surface area contributed by atoms with Crippen LogP contribution >= 0.6 is 0 Å². The van der Waals surface area contributed by atoms with Crippen molar-refractivity contribution in [3.8, 4) is 0 Å². The average Bonchev–Trinajstić information content (AvgIpc) is 3.22.